The number of azo groups is 1. The molecule has 1 saturated heterocycles. The van der Waals surface area contributed by atoms with Gasteiger partial charge in [-0.3, -0.25) is 19.2 Å². The molecule has 28 heavy (non-hydrogen) atoms. The topological polar surface area (TPSA) is 83.1 Å². The first-order valence-electron chi connectivity index (χ1n) is 9.63. The molecule has 144 valence electrons. The lowest BCUT2D eigenvalue weighted by atomic mass is 10.2. The van der Waals surface area contributed by atoms with E-state index in [1.165, 1.54) is 31.9 Å². The van der Waals surface area contributed by atoms with Crippen LogP contribution >= 0.6 is 0 Å². The minimum absolute atomic E-state index is 0.0306. The van der Waals surface area contributed by atoms with Crippen LogP contribution in [0.5, 0.6) is 5.88 Å². The quantitative estimate of drug-likeness (QED) is 0.679. The molecule has 4 rings (SSSR count). The van der Waals surface area contributed by atoms with E-state index in [2.05, 4.69) is 20.1 Å². The molecule has 0 atom stereocenters. The van der Waals surface area contributed by atoms with E-state index in [0.29, 0.717) is 12.4 Å². The van der Waals surface area contributed by atoms with E-state index in [0.717, 1.165) is 24.0 Å². The number of aromatic hydroxyl groups is 1. The fourth-order valence-electron chi connectivity index (χ4n) is 3.63. The number of benzene rings is 1. The van der Waals surface area contributed by atoms with Crippen LogP contribution in [0.1, 0.15) is 36.2 Å². The molecule has 0 saturated carbocycles. The van der Waals surface area contributed by atoms with Crippen LogP contribution in [0.15, 0.2) is 58.9 Å². The molecule has 2 aromatic heterocycles. The molecule has 0 unspecified atom stereocenters. The number of hydrogen-bond acceptors (Lipinski definition) is 5. The summed E-state index contributed by atoms with van der Waals surface area (Å²) in [6.45, 7) is 2.62. The van der Waals surface area contributed by atoms with Gasteiger partial charge in [0.05, 0.1) is 12.2 Å². The van der Waals surface area contributed by atoms with Gasteiger partial charge in [-0.05, 0) is 44.1 Å². The molecule has 1 aliphatic heterocycles. The van der Waals surface area contributed by atoms with Gasteiger partial charge >= 0.3 is 5.91 Å². The number of likely N-dealkylation sites (tertiary alicyclic amines) is 1. The van der Waals surface area contributed by atoms with Crippen molar-refractivity contribution in [1.29, 1.82) is 0 Å². The van der Waals surface area contributed by atoms with Crippen LogP contribution in [-0.4, -0.2) is 38.6 Å². The highest BCUT2D eigenvalue weighted by Gasteiger charge is 2.19. The van der Waals surface area contributed by atoms with Crippen LogP contribution in [0.3, 0.4) is 0 Å². The maximum atomic E-state index is 12.2. The second-order valence-corrected chi connectivity index (χ2v) is 7.01. The first-order chi connectivity index (χ1) is 13.7. The van der Waals surface area contributed by atoms with Crippen LogP contribution in [0, 0.1) is 0 Å². The van der Waals surface area contributed by atoms with E-state index < -0.39 is 5.91 Å². The molecule has 1 aromatic carbocycles. The molecule has 1 aliphatic rings. The van der Waals surface area contributed by atoms with Crippen molar-refractivity contribution in [1.82, 2.24) is 14.5 Å². The summed E-state index contributed by atoms with van der Waals surface area (Å²) in [4.78, 5) is 18.5. The van der Waals surface area contributed by atoms with Crippen molar-refractivity contribution in [2.24, 2.45) is 10.2 Å². The van der Waals surface area contributed by atoms with Crippen molar-refractivity contribution in [2.45, 2.75) is 32.4 Å². The number of fused-ring (bicyclic) bond motifs is 1. The molecule has 0 spiro atoms. The molecule has 3 aromatic rings. The van der Waals surface area contributed by atoms with Gasteiger partial charge in [-0.25, -0.2) is 0 Å². The molecule has 7 heteroatoms. The minimum atomic E-state index is -0.538. The number of carbonyl (C=O) groups excluding carboxylic acids is 1. The molecule has 0 aliphatic carbocycles. The van der Waals surface area contributed by atoms with Gasteiger partial charge < -0.3 is 5.11 Å². The number of pyridine rings is 1. The van der Waals surface area contributed by atoms with Crippen molar-refractivity contribution < 1.29 is 9.90 Å². The Hall–Kier alpha value is -3.06. The highest BCUT2D eigenvalue weighted by Crippen LogP contribution is 2.39. The average molecular weight is 377 g/mol. The molecule has 0 bridgehead atoms. The Balaban J connectivity index is 1.66. The van der Waals surface area contributed by atoms with E-state index in [1.807, 2.05) is 28.8 Å². The van der Waals surface area contributed by atoms with Gasteiger partial charge in [0.2, 0.25) is 5.88 Å². The predicted molar refractivity (Wildman–Crippen MR) is 107 cm³/mol. The van der Waals surface area contributed by atoms with Gasteiger partial charge in [0, 0.05) is 11.6 Å². The Morgan fingerprint density at radius 1 is 1.04 bits per heavy atom. The summed E-state index contributed by atoms with van der Waals surface area (Å²) in [7, 11) is 0. The van der Waals surface area contributed by atoms with Crippen molar-refractivity contribution in [2.75, 3.05) is 13.1 Å². The van der Waals surface area contributed by atoms with Crippen LogP contribution in [0.2, 0.25) is 0 Å². The molecule has 3 heterocycles. The molecule has 0 radical (unpaired) electrons. The monoisotopic (exact) mass is 377 g/mol. The van der Waals surface area contributed by atoms with Crippen molar-refractivity contribution in [3.05, 3.63) is 54.4 Å². The Morgan fingerprint density at radius 3 is 2.54 bits per heavy atom. The number of hydrogen-bond donors (Lipinski definition) is 1. The number of rotatable bonds is 4. The third kappa shape index (κ3) is 3.80. The van der Waals surface area contributed by atoms with Crippen LogP contribution < -0.4 is 0 Å². The highest BCUT2D eigenvalue weighted by molar-refractivity contribution is 5.96. The number of nitrogens with zero attached hydrogens (tertiary/aromatic N) is 5. The Morgan fingerprint density at radius 2 is 1.79 bits per heavy atom. The first kappa shape index (κ1) is 18.3. The van der Waals surface area contributed by atoms with Crippen molar-refractivity contribution in [3.8, 4) is 5.88 Å². The Kier molecular flexibility index (Phi) is 5.43. The third-order valence-corrected chi connectivity index (χ3v) is 5.08. The van der Waals surface area contributed by atoms with Gasteiger partial charge in [0.15, 0.2) is 5.69 Å². The van der Waals surface area contributed by atoms with Crippen LogP contribution in [-0.2, 0) is 6.67 Å². The van der Waals surface area contributed by atoms with E-state index in [9.17, 15) is 9.90 Å². The van der Waals surface area contributed by atoms with Crippen molar-refractivity contribution in [3.63, 3.8) is 0 Å². The lowest BCUT2D eigenvalue weighted by molar-refractivity contribution is 0.0990. The third-order valence-electron chi connectivity index (χ3n) is 5.08. The summed E-state index contributed by atoms with van der Waals surface area (Å²) in [5, 5.41) is 19.5. The normalized spacial score (nSPS) is 15.9. The summed E-state index contributed by atoms with van der Waals surface area (Å²) in [5.74, 6) is -0.507. The zero-order valence-electron chi connectivity index (χ0n) is 15.7. The Labute approximate surface area is 163 Å². The highest BCUT2D eigenvalue weighted by atomic mass is 16.3. The van der Waals surface area contributed by atoms with E-state index in [1.54, 1.807) is 18.2 Å². The van der Waals surface area contributed by atoms with Crippen LogP contribution in [0.25, 0.3) is 10.9 Å². The van der Waals surface area contributed by atoms with Gasteiger partial charge in [-0.2, -0.15) is 0 Å². The molecule has 1 N–H and O–H groups in total. The Bertz CT molecular complexity index is 989. The largest absolute Gasteiger partial charge is 0.493 e. The lowest BCUT2D eigenvalue weighted by Gasteiger charge is -2.21. The molecular formula is C21H23N5O2. The summed E-state index contributed by atoms with van der Waals surface area (Å²) < 4.78 is 1.85. The second kappa shape index (κ2) is 8.31. The van der Waals surface area contributed by atoms with Crippen LogP contribution in [0.4, 0.5) is 5.69 Å². The smallest absolute Gasteiger partial charge is 0.313 e. The fraction of sp³-hybridized carbons (Fsp3) is 0.333. The number of amides is 1. The van der Waals surface area contributed by atoms with E-state index in [4.69, 9.17) is 0 Å². The standard InChI is InChI=1S/C21H23N5O2/c27-20(17-10-5-6-12-22-17)24-23-19-16-9-3-4-11-18(16)26(21(19)28)15-25-13-7-1-2-8-14-25/h3-6,9-12,28H,1-2,7-8,13-15H2. The van der Waals surface area contributed by atoms with Gasteiger partial charge in [0.1, 0.15) is 5.69 Å². The fourth-order valence-corrected chi connectivity index (χ4v) is 3.63. The number of aromatic nitrogens is 2. The maximum absolute atomic E-state index is 12.2. The number of carbonyl (C=O) groups is 1. The molecule has 1 fully saturated rings. The number of para-hydroxylation sites is 1. The first-order valence-corrected chi connectivity index (χ1v) is 9.63. The molecule has 1 amide bonds. The van der Waals surface area contributed by atoms with Gasteiger partial charge in [-0.1, -0.05) is 37.1 Å². The van der Waals surface area contributed by atoms with E-state index >= 15 is 0 Å². The zero-order valence-corrected chi connectivity index (χ0v) is 15.7. The van der Waals surface area contributed by atoms with Gasteiger partial charge in [-0.15, -0.1) is 10.2 Å². The summed E-state index contributed by atoms with van der Waals surface area (Å²) >= 11 is 0. The summed E-state index contributed by atoms with van der Waals surface area (Å²) in [5.41, 5.74) is 1.41. The summed E-state index contributed by atoms with van der Waals surface area (Å²) in [6.07, 6.45) is 6.39. The maximum Gasteiger partial charge on any atom is 0.313 e. The SMILES string of the molecule is O=C(N=Nc1c(O)n(CN2CCCCCC2)c2ccccc12)c1ccccn1. The predicted octanol–water partition coefficient (Wildman–Crippen LogP) is 4.50. The second-order valence-electron chi connectivity index (χ2n) is 7.01. The summed E-state index contributed by atoms with van der Waals surface area (Å²) in [6, 6.07) is 12.7. The van der Waals surface area contributed by atoms with E-state index in [-0.39, 0.29) is 11.6 Å². The molecular weight excluding hydrogens is 354 g/mol. The minimum Gasteiger partial charge on any atom is -0.493 e. The average Bonchev–Trinajstić information content (AvgIpc) is 2.89. The van der Waals surface area contributed by atoms with Crippen molar-refractivity contribution >= 4 is 22.5 Å². The molecule has 7 nitrogen and oxygen atoms in total. The zero-order chi connectivity index (χ0) is 19.3. The van der Waals surface area contributed by atoms with Gasteiger partial charge in [0.25, 0.3) is 0 Å². The lowest BCUT2D eigenvalue weighted by Crippen LogP contribution is -2.27.